The molecule has 0 radical (unpaired) electrons. The van der Waals surface area contributed by atoms with E-state index < -0.39 is 0 Å². The molecule has 0 aliphatic carbocycles. The van der Waals surface area contributed by atoms with E-state index in [-0.39, 0.29) is 18.3 Å². The van der Waals surface area contributed by atoms with Gasteiger partial charge in [-0.1, -0.05) is 12.1 Å². The van der Waals surface area contributed by atoms with Gasteiger partial charge in [-0.15, -0.1) is 0 Å². The van der Waals surface area contributed by atoms with Crippen LogP contribution in [0.3, 0.4) is 0 Å². The molecule has 0 bridgehead atoms. The summed E-state index contributed by atoms with van der Waals surface area (Å²) in [5, 5.41) is 6.84. The fraction of sp³-hybridized carbons (Fsp3) is 0.600. The van der Waals surface area contributed by atoms with Crippen LogP contribution in [0.1, 0.15) is 33.3 Å². The summed E-state index contributed by atoms with van der Waals surface area (Å²) in [5.74, 6) is 0. The van der Waals surface area contributed by atoms with Crippen molar-refractivity contribution < 1.29 is 9.31 Å². The van der Waals surface area contributed by atoms with Gasteiger partial charge in [0, 0.05) is 25.3 Å². The summed E-state index contributed by atoms with van der Waals surface area (Å²) in [7, 11) is -0.284. The maximum absolute atomic E-state index is 6.11. The molecule has 2 aliphatic heterocycles. The first-order valence-electron chi connectivity index (χ1n) is 7.32. The third-order valence-electron chi connectivity index (χ3n) is 4.59. The third kappa shape index (κ3) is 2.34. The van der Waals surface area contributed by atoms with E-state index in [1.807, 2.05) is 0 Å². The summed E-state index contributed by atoms with van der Waals surface area (Å²) in [6.07, 6.45) is 0. The van der Waals surface area contributed by atoms with Gasteiger partial charge in [0.2, 0.25) is 0 Å². The van der Waals surface area contributed by atoms with E-state index in [2.05, 4.69) is 56.5 Å². The average molecular weight is 274 g/mol. The minimum absolute atomic E-state index is 0.284. The van der Waals surface area contributed by atoms with E-state index in [0.717, 1.165) is 25.1 Å². The van der Waals surface area contributed by atoms with Crippen molar-refractivity contribution >= 4 is 18.3 Å². The van der Waals surface area contributed by atoms with Crippen LogP contribution >= 0.6 is 0 Å². The van der Waals surface area contributed by atoms with Crippen LogP contribution in [0.25, 0.3) is 0 Å². The molecule has 2 aliphatic rings. The van der Waals surface area contributed by atoms with Gasteiger partial charge in [0.15, 0.2) is 0 Å². The number of benzene rings is 1. The van der Waals surface area contributed by atoms with Crippen molar-refractivity contribution in [1.29, 1.82) is 0 Å². The highest BCUT2D eigenvalue weighted by molar-refractivity contribution is 6.62. The molecule has 1 aromatic rings. The first kappa shape index (κ1) is 13.9. The number of rotatable bonds is 1. The second-order valence-electron chi connectivity index (χ2n) is 6.61. The Morgan fingerprint density at radius 3 is 2.45 bits per heavy atom. The van der Waals surface area contributed by atoms with Gasteiger partial charge >= 0.3 is 7.12 Å². The van der Waals surface area contributed by atoms with Crippen LogP contribution in [0.5, 0.6) is 0 Å². The highest BCUT2D eigenvalue weighted by Gasteiger charge is 2.51. The van der Waals surface area contributed by atoms with Crippen molar-refractivity contribution in [3.63, 3.8) is 0 Å². The lowest BCUT2D eigenvalue weighted by Gasteiger charge is -2.32. The van der Waals surface area contributed by atoms with Crippen molar-refractivity contribution in [3.05, 3.63) is 23.8 Å². The fourth-order valence-electron chi connectivity index (χ4n) is 2.57. The van der Waals surface area contributed by atoms with Crippen molar-refractivity contribution in [2.75, 3.05) is 18.4 Å². The molecule has 0 spiro atoms. The molecule has 1 fully saturated rings. The highest BCUT2D eigenvalue weighted by Crippen LogP contribution is 2.36. The molecular formula is C15H23BN2O2. The first-order chi connectivity index (χ1) is 9.39. The van der Waals surface area contributed by atoms with Crippen LogP contribution in [-0.2, 0) is 15.9 Å². The fourth-order valence-corrected chi connectivity index (χ4v) is 2.57. The maximum Gasteiger partial charge on any atom is 0.494 e. The van der Waals surface area contributed by atoms with Crippen molar-refractivity contribution in [3.8, 4) is 0 Å². The molecule has 0 saturated carbocycles. The summed E-state index contributed by atoms with van der Waals surface area (Å²) < 4.78 is 12.2. The SMILES string of the molecule is CC1(C)OB(c2ccc3c(c2)CNCCN3)OC1(C)C. The molecule has 1 saturated heterocycles. The molecule has 0 atom stereocenters. The summed E-state index contributed by atoms with van der Waals surface area (Å²) in [4.78, 5) is 0. The maximum atomic E-state index is 6.11. The summed E-state index contributed by atoms with van der Waals surface area (Å²) in [5.41, 5.74) is 2.99. The quantitative estimate of drug-likeness (QED) is 0.762. The van der Waals surface area contributed by atoms with E-state index in [1.165, 1.54) is 11.3 Å². The molecule has 0 amide bonds. The van der Waals surface area contributed by atoms with Crippen LogP contribution in [0.4, 0.5) is 5.69 Å². The number of fused-ring (bicyclic) bond motifs is 1. The van der Waals surface area contributed by atoms with Crippen LogP contribution < -0.4 is 16.1 Å². The molecule has 0 unspecified atom stereocenters. The second kappa shape index (κ2) is 4.76. The normalized spacial score (nSPS) is 23.9. The number of nitrogens with one attached hydrogen (secondary N) is 2. The van der Waals surface area contributed by atoms with Crippen molar-refractivity contribution in [2.45, 2.75) is 45.4 Å². The van der Waals surface area contributed by atoms with Gasteiger partial charge in [-0.3, -0.25) is 0 Å². The van der Waals surface area contributed by atoms with Crippen LogP contribution in [0.15, 0.2) is 18.2 Å². The summed E-state index contributed by atoms with van der Waals surface area (Å²) in [6, 6.07) is 6.41. The minimum atomic E-state index is -0.291. The molecule has 3 rings (SSSR count). The monoisotopic (exact) mass is 274 g/mol. The van der Waals surface area contributed by atoms with Crippen LogP contribution in [-0.4, -0.2) is 31.4 Å². The van der Waals surface area contributed by atoms with E-state index >= 15 is 0 Å². The van der Waals surface area contributed by atoms with Gasteiger partial charge in [0.25, 0.3) is 0 Å². The van der Waals surface area contributed by atoms with Gasteiger partial charge in [0.1, 0.15) is 0 Å². The number of anilines is 1. The standard InChI is InChI=1S/C15H23BN2O2/c1-14(2)15(3,4)20-16(19-14)12-5-6-13-11(9-12)10-17-7-8-18-13/h5-6,9,17-18H,7-8,10H2,1-4H3. The van der Waals surface area contributed by atoms with E-state index in [1.54, 1.807) is 0 Å². The van der Waals surface area contributed by atoms with E-state index in [4.69, 9.17) is 9.31 Å². The Morgan fingerprint density at radius 2 is 1.75 bits per heavy atom. The predicted octanol–water partition coefficient (Wildman–Crippen LogP) is 1.50. The third-order valence-corrected chi connectivity index (χ3v) is 4.59. The number of hydrogen-bond acceptors (Lipinski definition) is 4. The lowest BCUT2D eigenvalue weighted by molar-refractivity contribution is 0.00578. The minimum Gasteiger partial charge on any atom is -0.399 e. The molecule has 20 heavy (non-hydrogen) atoms. The van der Waals surface area contributed by atoms with Crippen molar-refractivity contribution in [2.24, 2.45) is 0 Å². The average Bonchev–Trinajstić information content (AvgIpc) is 2.56. The molecule has 5 heteroatoms. The lowest BCUT2D eigenvalue weighted by atomic mass is 9.78. The Labute approximate surface area is 121 Å². The van der Waals surface area contributed by atoms with Crippen molar-refractivity contribution in [1.82, 2.24) is 5.32 Å². The number of hydrogen-bond donors (Lipinski definition) is 2. The van der Waals surface area contributed by atoms with E-state index in [0.29, 0.717) is 0 Å². The summed E-state index contributed by atoms with van der Waals surface area (Å²) in [6.45, 7) is 11.2. The predicted molar refractivity (Wildman–Crippen MR) is 82.4 cm³/mol. The molecule has 1 aromatic carbocycles. The van der Waals surface area contributed by atoms with Gasteiger partial charge in [-0.2, -0.15) is 0 Å². The van der Waals surface area contributed by atoms with Gasteiger partial charge in [-0.25, -0.2) is 0 Å². The molecule has 108 valence electrons. The smallest absolute Gasteiger partial charge is 0.399 e. The highest BCUT2D eigenvalue weighted by atomic mass is 16.7. The zero-order chi connectivity index (χ0) is 14.4. The zero-order valence-electron chi connectivity index (χ0n) is 12.7. The largest absolute Gasteiger partial charge is 0.494 e. The lowest BCUT2D eigenvalue weighted by Crippen LogP contribution is -2.41. The van der Waals surface area contributed by atoms with Gasteiger partial charge < -0.3 is 19.9 Å². The first-order valence-corrected chi connectivity index (χ1v) is 7.32. The van der Waals surface area contributed by atoms with Gasteiger partial charge in [-0.05, 0) is 44.8 Å². The Morgan fingerprint density at radius 1 is 1.05 bits per heavy atom. The Bertz CT molecular complexity index is 501. The Balaban J connectivity index is 1.87. The van der Waals surface area contributed by atoms with E-state index in [9.17, 15) is 0 Å². The second-order valence-corrected chi connectivity index (χ2v) is 6.61. The van der Waals surface area contributed by atoms with Crippen LogP contribution in [0.2, 0.25) is 0 Å². The summed E-state index contributed by atoms with van der Waals surface area (Å²) >= 11 is 0. The van der Waals surface area contributed by atoms with Gasteiger partial charge in [0.05, 0.1) is 11.2 Å². The zero-order valence-corrected chi connectivity index (χ0v) is 12.7. The molecule has 4 nitrogen and oxygen atoms in total. The molecule has 0 aromatic heterocycles. The Hall–Kier alpha value is -1.04. The topological polar surface area (TPSA) is 42.5 Å². The molecule has 2 N–H and O–H groups in total. The van der Waals surface area contributed by atoms with Crippen LogP contribution in [0, 0.1) is 0 Å². The molecule has 2 heterocycles. The molecular weight excluding hydrogens is 251 g/mol. The Kier molecular flexibility index (Phi) is 3.31.